The lowest BCUT2D eigenvalue weighted by atomic mass is 10.0. The first-order valence-electron chi connectivity index (χ1n) is 6.14. The Morgan fingerprint density at radius 3 is 2.89 bits per heavy atom. The minimum atomic E-state index is -0.339. The molecular formula is C13H21NO3S. The van der Waals surface area contributed by atoms with Crippen molar-refractivity contribution in [3.8, 4) is 0 Å². The SMILES string of the molecule is COCCC(C)(C[N+](=O)[O-])SCC1C=CC=CC1. The van der Waals surface area contributed by atoms with Crippen molar-refractivity contribution in [3.63, 3.8) is 0 Å². The largest absolute Gasteiger partial charge is 0.385 e. The van der Waals surface area contributed by atoms with E-state index in [1.54, 1.807) is 18.9 Å². The highest BCUT2D eigenvalue weighted by atomic mass is 32.2. The molecule has 0 bridgehead atoms. The third kappa shape index (κ3) is 5.69. The number of hydrogen-bond donors (Lipinski definition) is 0. The van der Waals surface area contributed by atoms with Crippen LogP contribution in [0.5, 0.6) is 0 Å². The molecule has 2 unspecified atom stereocenters. The summed E-state index contributed by atoms with van der Waals surface area (Å²) in [4.78, 5) is 10.5. The first-order valence-corrected chi connectivity index (χ1v) is 7.12. The van der Waals surface area contributed by atoms with Gasteiger partial charge in [0, 0.05) is 24.4 Å². The number of nitro groups is 1. The summed E-state index contributed by atoms with van der Waals surface area (Å²) in [5.74, 6) is 1.42. The van der Waals surface area contributed by atoms with E-state index in [0.717, 1.165) is 12.2 Å². The molecule has 0 aromatic heterocycles. The molecule has 0 fully saturated rings. The molecule has 0 spiro atoms. The zero-order valence-electron chi connectivity index (χ0n) is 11.0. The van der Waals surface area contributed by atoms with Crippen LogP contribution in [0.1, 0.15) is 19.8 Å². The molecule has 2 atom stereocenters. The first-order chi connectivity index (χ1) is 8.56. The second-order valence-corrected chi connectivity index (χ2v) is 6.41. The Labute approximate surface area is 113 Å². The quantitative estimate of drug-likeness (QED) is 0.503. The predicted octanol–water partition coefficient (Wildman–Crippen LogP) is 2.92. The van der Waals surface area contributed by atoms with Crippen molar-refractivity contribution in [1.82, 2.24) is 0 Å². The molecule has 5 heteroatoms. The summed E-state index contributed by atoms with van der Waals surface area (Å²) in [7, 11) is 1.63. The van der Waals surface area contributed by atoms with Gasteiger partial charge in [0.2, 0.25) is 6.54 Å². The molecule has 0 aliphatic heterocycles. The highest BCUT2D eigenvalue weighted by molar-refractivity contribution is 8.00. The Morgan fingerprint density at radius 1 is 1.56 bits per heavy atom. The van der Waals surface area contributed by atoms with Gasteiger partial charge >= 0.3 is 0 Å². The lowest BCUT2D eigenvalue weighted by molar-refractivity contribution is -0.484. The monoisotopic (exact) mass is 271 g/mol. The van der Waals surface area contributed by atoms with Gasteiger partial charge in [0.1, 0.15) is 0 Å². The van der Waals surface area contributed by atoms with Crippen LogP contribution in [0.15, 0.2) is 24.3 Å². The minimum Gasteiger partial charge on any atom is -0.385 e. The molecule has 1 aliphatic rings. The Balaban J connectivity index is 2.46. The number of thioether (sulfide) groups is 1. The van der Waals surface area contributed by atoms with E-state index in [2.05, 4.69) is 18.2 Å². The number of rotatable bonds is 8. The predicted molar refractivity (Wildman–Crippen MR) is 75.6 cm³/mol. The van der Waals surface area contributed by atoms with Gasteiger partial charge in [0.25, 0.3) is 0 Å². The fourth-order valence-corrected chi connectivity index (χ4v) is 3.14. The molecule has 1 aliphatic carbocycles. The molecule has 0 amide bonds. The van der Waals surface area contributed by atoms with E-state index in [1.165, 1.54) is 0 Å². The number of ether oxygens (including phenoxy) is 1. The molecule has 0 N–H and O–H groups in total. The van der Waals surface area contributed by atoms with Gasteiger partial charge < -0.3 is 4.74 Å². The minimum absolute atomic E-state index is 0.00665. The summed E-state index contributed by atoms with van der Waals surface area (Å²) in [6.45, 7) is 2.52. The van der Waals surface area contributed by atoms with E-state index in [0.29, 0.717) is 18.9 Å². The highest BCUT2D eigenvalue weighted by Crippen LogP contribution is 2.32. The normalized spacial score (nSPS) is 21.8. The van der Waals surface area contributed by atoms with Crippen molar-refractivity contribution < 1.29 is 9.66 Å². The summed E-state index contributed by atoms with van der Waals surface area (Å²) >= 11 is 1.69. The van der Waals surface area contributed by atoms with Crippen molar-refractivity contribution >= 4 is 11.8 Å². The Morgan fingerprint density at radius 2 is 2.33 bits per heavy atom. The average molecular weight is 271 g/mol. The van der Waals surface area contributed by atoms with E-state index in [-0.39, 0.29) is 16.2 Å². The van der Waals surface area contributed by atoms with Gasteiger partial charge in [0.05, 0.1) is 4.75 Å². The fraction of sp³-hybridized carbons (Fsp3) is 0.692. The number of nitrogens with zero attached hydrogens (tertiary/aromatic N) is 1. The molecule has 1 rings (SSSR count). The molecule has 18 heavy (non-hydrogen) atoms. The maximum Gasteiger partial charge on any atom is 0.218 e. The summed E-state index contributed by atoms with van der Waals surface area (Å²) in [6.07, 6.45) is 10.2. The molecule has 0 aromatic rings. The van der Waals surface area contributed by atoms with Crippen LogP contribution in [0.4, 0.5) is 0 Å². The lowest BCUT2D eigenvalue weighted by Crippen LogP contribution is -2.32. The molecule has 0 saturated carbocycles. The number of allylic oxidation sites excluding steroid dienone is 4. The van der Waals surface area contributed by atoms with E-state index >= 15 is 0 Å². The van der Waals surface area contributed by atoms with Crippen molar-refractivity contribution in [2.75, 3.05) is 26.0 Å². The molecule has 0 radical (unpaired) electrons. The van der Waals surface area contributed by atoms with Gasteiger partial charge in [-0.1, -0.05) is 24.3 Å². The zero-order valence-corrected chi connectivity index (χ0v) is 11.8. The third-order valence-corrected chi connectivity index (χ3v) is 4.64. The van der Waals surface area contributed by atoms with E-state index in [1.807, 2.05) is 13.0 Å². The maximum absolute atomic E-state index is 10.8. The maximum atomic E-state index is 10.8. The summed E-state index contributed by atoms with van der Waals surface area (Å²) in [5, 5.41) is 10.8. The molecule has 0 saturated heterocycles. The van der Waals surface area contributed by atoms with Crippen molar-refractivity contribution in [2.24, 2.45) is 5.92 Å². The fourth-order valence-electron chi connectivity index (χ4n) is 1.85. The average Bonchev–Trinajstić information content (AvgIpc) is 2.35. The van der Waals surface area contributed by atoms with E-state index < -0.39 is 0 Å². The first kappa shape index (κ1) is 15.2. The summed E-state index contributed by atoms with van der Waals surface area (Å²) in [6, 6.07) is 0. The Kier molecular flexibility index (Phi) is 6.43. The van der Waals surface area contributed by atoms with Gasteiger partial charge in [-0.15, -0.1) is 11.8 Å². The van der Waals surface area contributed by atoms with Crippen LogP contribution in [0.2, 0.25) is 0 Å². The van der Waals surface area contributed by atoms with Gasteiger partial charge in [0.15, 0.2) is 0 Å². The Hall–Kier alpha value is -0.810. The molecule has 102 valence electrons. The second kappa shape index (κ2) is 7.59. The van der Waals surface area contributed by atoms with Crippen molar-refractivity contribution in [2.45, 2.75) is 24.5 Å². The van der Waals surface area contributed by atoms with Gasteiger partial charge in [-0.05, 0) is 25.7 Å². The topological polar surface area (TPSA) is 52.4 Å². The molecule has 0 heterocycles. The molecule has 0 aromatic carbocycles. The van der Waals surface area contributed by atoms with Gasteiger partial charge in [-0.25, -0.2) is 0 Å². The van der Waals surface area contributed by atoms with Gasteiger partial charge in [-0.2, -0.15) is 0 Å². The van der Waals surface area contributed by atoms with Crippen LogP contribution < -0.4 is 0 Å². The van der Waals surface area contributed by atoms with E-state index in [4.69, 9.17) is 4.74 Å². The van der Waals surface area contributed by atoms with Crippen LogP contribution in [0, 0.1) is 16.0 Å². The van der Waals surface area contributed by atoms with Crippen molar-refractivity contribution in [3.05, 3.63) is 34.4 Å². The smallest absolute Gasteiger partial charge is 0.218 e. The van der Waals surface area contributed by atoms with Crippen molar-refractivity contribution in [1.29, 1.82) is 0 Å². The van der Waals surface area contributed by atoms with Crippen LogP contribution in [0.3, 0.4) is 0 Å². The van der Waals surface area contributed by atoms with Crippen LogP contribution in [-0.4, -0.2) is 35.7 Å². The molecular weight excluding hydrogens is 250 g/mol. The van der Waals surface area contributed by atoms with Crippen LogP contribution in [-0.2, 0) is 4.74 Å². The lowest BCUT2D eigenvalue weighted by Gasteiger charge is -2.26. The number of methoxy groups -OCH3 is 1. The number of hydrogen-bond acceptors (Lipinski definition) is 4. The zero-order chi connectivity index (χ0) is 13.4. The van der Waals surface area contributed by atoms with Crippen LogP contribution in [0.25, 0.3) is 0 Å². The summed E-state index contributed by atoms with van der Waals surface area (Å²) in [5.41, 5.74) is 0. The Bertz CT molecular complexity index is 330. The summed E-state index contributed by atoms with van der Waals surface area (Å²) < 4.78 is 4.71. The standard InChI is InChI=1S/C13H21NO3S/c1-13(8-9-17-2,11-14(15)16)18-10-12-6-4-3-5-7-12/h3-6,12H,7-11H2,1-2H3. The van der Waals surface area contributed by atoms with Crippen LogP contribution >= 0.6 is 11.8 Å². The second-order valence-electron chi connectivity index (χ2n) is 4.80. The van der Waals surface area contributed by atoms with E-state index in [9.17, 15) is 10.1 Å². The van der Waals surface area contributed by atoms with Gasteiger partial charge in [-0.3, -0.25) is 10.1 Å². The third-order valence-electron chi connectivity index (χ3n) is 3.01. The highest BCUT2D eigenvalue weighted by Gasteiger charge is 2.31. The molecule has 4 nitrogen and oxygen atoms in total.